The van der Waals surface area contributed by atoms with Gasteiger partial charge in [-0.15, -0.1) is 0 Å². The van der Waals surface area contributed by atoms with Crippen molar-refractivity contribution >= 4 is 23.2 Å². The first-order valence-corrected chi connectivity index (χ1v) is 36.6. The van der Waals surface area contributed by atoms with Crippen molar-refractivity contribution in [1.82, 2.24) is 4.98 Å². The van der Waals surface area contributed by atoms with Gasteiger partial charge in [-0.05, 0) is 148 Å². The molecule has 13 heteroatoms. The maximum absolute atomic E-state index is 15.0. The predicted molar refractivity (Wildman–Crippen MR) is 400 cm³/mol. The number of carbonyl (C=O) groups is 2. The van der Waals surface area contributed by atoms with Gasteiger partial charge in [0.05, 0.1) is 64.0 Å². The number of para-hydroxylation sites is 6. The number of nitrogens with one attached hydrogen (secondary N) is 2. The van der Waals surface area contributed by atoms with Gasteiger partial charge < -0.3 is 48.5 Å². The summed E-state index contributed by atoms with van der Waals surface area (Å²) in [5.74, 6) is 5.77. The molecule has 2 aliphatic carbocycles. The van der Waals surface area contributed by atoms with E-state index in [4.69, 9.17) is 37.9 Å². The Kier molecular flexibility index (Phi) is 25.3. The van der Waals surface area contributed by atoms with Crippen molar-refractivity contribution in [2.24, 2.45) is 0 Å². The van der Waals surface area contributed by atoms with Crippen LogP contribution in [0.3, 0.4) is 0 Å². The van der Waals surface area contributed by atoms with Crippen molar-refractivity contribution in [1.29, 1.82) is 0 Å². The van der Waals surface area contributed by atoms with Gasteiger partial charge in [-0.25, -0.2) is 0 Å². The molecule has 0 unspecified atom stereocenters. The van der Waals surface area contributed by atoms with Crippen LogP contribution in [0.5, 0.6) is 46.0 Å². The molecule has 0 aliphatic heterocycles. The molecule has 11 rings (SSSR count). The van der Waals surface area contributed by atoms with E-state index in [1.54, 1.807) is 6.07 Å². The van der Waals surface area contributed by atoms with Gasteiger partial charge in [0, 0.05) is 97.4 Å². The molecule has 2 amide bonds. The van der Waals surface area contributed by atoms with Crippen LogP contribution in [-0.4, -0.2) is 69.7 Å². The fraction of sp³-hybridized carbons (Fsp3) is 0.368. The molecule has 2 aliphatic rings. The van der Waals surface area contributed by atoms with Crippen LogP contribution in [0.15, 0.2) is 152 Å². The lowest BCUT2D eigenvalue weighted by molar-refractivity contribution is 0.102. The van der Waals surface area contributed by atoms with Crippen molar-refractivity contribution in [3.63, 3.8) is 0 Å². The first-order chi connectivity index (χ1) is 49.0. The van der Waals surface area contributed by atoms with E-state index in [1.807, 2.05) is 24.3 Å². The minimum absolute atomic E-state index is 0.208. The summed E-state index contributed by atoms with van der Waals surface area (Å²) in [4.78, 5) is 34.6. The molecule has 1 heterocycles. The molecule has 100 heavy (non-hydrogen) atoms. The lowest BCUT2D eigenvalue weighted by atomic mass is 9.91. The van der Waals surface area contributed by atoms with Crippen LogP contribution < -0.4 is 48.5 Å². The molecule has 1 aromatic heterocycles. The number of pyridine rings is 1. The number of ether oxygens (including phenoxy) is 8. The average molecular weight is 1350 g/mol. The maximum Gasteiger partial charge on any atom is 0.257 e. The monoisotopic (exact) mass is 1350 g/mol. The Hall–Kier alpha value is -9.75. The average Bonchev–Trinajstić information content (AvgIpc) is 0.789. The summed E-state index contributed by atoms with van der Waals surface area (Å²) in [6, 6.07) is 48.2. The molecule has 0 fully saturated rings. The van der Waals surface area contributed by atoms with Crippen molar-refractivity contribution in [2.75, 3.05) is 63.5 Å². The third-order valence-corrected chi connectivity index (χ3v) is 18.0. The highest BCUT2D eigenvalue weighted by atomic mass is 16.5. The first-order valence-electron chi connectivity index (χ1n) is 36.6. The Bertz CT molecular complexity index is 3820. The molecule has 0 saturated carbocycles. The van der Waals surface area contributed by atoms with Crippen molar-refractivity contribution in [3.8, 4) is 46.0 Å². The molecular weight excluding hydrogens is 1250 g/mol. The Morgan fingerprint density at radius 1 is 0.270 bits per heavy atom. The van der Waals surface area contributed by atoms with Gasteiger partial charge in [0.2, 0.25) is 0 Å². The third-order valence-electron chi connectivity index (χ3n) is 18.0. The molecule has 8 aromatic carbocycles. The minimum Gasteiger partial charge on any atom is -0.493 e. The second-order valence-electron chi connectivity index (χ2n) is 26.3. The Labute approximate surface area is 592 Å². The van der Waals surface area contributed by atoms with E-state index >= 15 is 9.59 Å². The number of hydrogen-bond donors (Lipinski definition) is 2. The number of nitrogens with zero attached hydrogens (tertiary/aromatic N) is 1. The van der Waals surface area contributed by atoms with Gasteiger partial charge in [0.25, 0.3) is 11.8 Å². The summed E-state index contributed by atoms with van der Waals surface area (Å²) in [7, 11) is 0. The van der Waals surface area contributed by atoms with E-state index in [1.165, 1.54) is 12.4 Å². The summed E-state index contributed by atoms with van der Waals surface area (Å²) >= 11 is 0. The highest BCUT2D eigenvalue weighted by Gasteiger charge is 2.27. The maximum atomic E-state index is 15.0. The number of rotatable bonds is 28. The molecule has 0 spiro atoms. The van der Waals surface area contributed by atoms with Crippen LogP contribution in [0.25, 0.3) is 0 Å². The number of fused-ring (bicyclic) bond motifs is 16. The van der Waals surface area contributed by atoms with Crippen molar-refractivity contribution < 1.29 is 47.5 Å². The fourth-order valence-corrected chi connectivity index (χ4v) is 13.5. The highest BCUT2D eigenvalue weighted by molar-refractivity contribution is 6.08. The predicted octanol–water partition coefficient (Wildman–Crippen LogP) is 19.2. The van der Waals surface area contributed by atoms with Crippen molar-refractivity contribution in [3.05, 3.63) is 252 Å². The lowest BCUT2D eigenvalue weighted by Crippen LogP contribution is -2.17. The van der Waals surface area contributed by atoms with Gasteiger partial charge in [-0.3, -0.25) is 14.6 Å². The molecule has 13 nitrogen and oxygen atoms in total. The molecule has 0 saturated heterocycles. The number of benzene rings is 8. The van der Waals surface area contributed by atoms with Crippen LogP contribution in [0.4, 0.5) is 11.4 Å². The summed E-state index contributed by atoms with van der Waals surface area (Å²) in [6.45, 7) is 21.3. The van der Waals surface area contributed by atoms with E-state index in [0.29, 0.717) is 116 Å². The fourth-order valence-electron chi connectivity index (χ4n) is 13.5. The molecule has 522 valence electrons. The summed E-state index contributed by atoms with van der Waals surface area (Å²) in [6.07, 6.45) is 13.8. The number of anilines is 2. The molecule has 16 bridgehead atoms. The van der Waals surface area contributed by atoms with Crippen molar-refractivity contribution in [2.45, 2.75) is 158 Å². The minimum atomic E-state index is -0.432. The van der Waals surface area contributed by atoms with E-state index in [0.717, 1.165) is 186 Å². The largest absolute Gasteiger partial charge is 0.493 e. The second-order valence-corrected chi connectivity index (χ2v) is 26.3. The topological polar surface area (TPSA) is 145 Å². The smallest absolute Gasteiger partial charge is 0.257 e. The van der Waals surface area contributed by atoms with Gasteiger partial charge in [-0.2, -0.15) is 0 Å². The third kappa shape index (κ3) is 17.4. The molecule has 9 aromatic rings. The van der Waals surface area contributed by atoms with Gasteiger partial charge in [-0.1, -0.05) is 165 Å². The van der Waals surface area contributed by atoms with Crippen LogP contribution in [0.1, 0.15) is 216 Å². The highest BCUT2D eigenvalue weighted by Crippen LogP contribution is 2.44. The van der Waals surface area contributed by atoms with Gasteiger partial charge >= 0.3 is 0 Å². The Morgan fingerprint density at radius 2 is 0.440 bits per heavy atom. The van der Waals surface area contributed by atoms with E-state index in [2.05, 4.69) is 180 Å². The van der Waals surface area contributed by atoms with Gasteiger partial charge in [0.15, 0.2) is 0 Å². The first kappa shape index (κ1) is 71.5. The number of hydrogen-bond acceptors (Lipinski definition) is 11. The zero-order chi connectivity index (χ0) is 69.7. The van der Waals surface area contributed by atoms with Crippen LogP contribution >= 0.6 is 0 Å². The standard InChI is InChI=1S/C87H99N3O10/c1-9-35-93-78-58-23-17-24-59(78)44-63-28-20-32-67(81(63)96-38-12-4)48-71-53-76(52-70(84(71)99-41-15-7)47-66-31-19-27-62(43-58)80(66)95-37-11-3)89-86(91)74-51-75(57-88-56-74)87(92)90-77-54-72-49-68-33-21-29-64(82(68)97-39-13-5)45-60-25-18-26-61(79(60)94-36-10-2)46-65-30-22-34-69(83(65)98-40-14-6)50-73(55-77)85(72)100-42-16-8/h17-34,51-57H,9-16,35-50H2,1-8H3,(H,89,91)(H,90,92). The normalized spacial score (nSPS) is 12.4. The van der Waals surface area contributed by atoms with E-state index in [-0.39, 0.29) is 11.1 Å². The Balaban J connectivity index is 0.976. The zero-order valence-corrected chi connectivity index (χ0v) is 59.9. The quantitative estimate of drug-likeness (QED) is 0.0483. The number of carbonyl (C=O) groups excluding carboxylic acids is 2. The number of aromatic nitrogens is 1. The second kappa shape index (κ2) is 35.3. The van der Waals surface area contributed by atoms with E-state index < -0.39 is 11.8 Å². The molecule has 2 N–H and O–H groups in total. The molecule has 0 atom stereocenters. The SMILES string of the molecule is CCCOc1c2cccc1Cc1cccc(c1OCCC)Cc1cc(NC(=O)c3cncc(C(=O)Nc4cc5c(OCCC)c(c4)Cc4cccc(c4OCCC)Cc4cccc(c4OCCC)Cc4cccc(c4OCCC)C5)c3)cc(c1OCCC)Cc1cccc(c1OCCC)C2. The zero-order valence-electron chi connectivity index (χ0n) is 59.9. The summed E-state index contributed by atoms with van der Waals surface area (Å²) in [5, 5.41) is 6.54. The summed E-state index contributed by atoms with van der Waals surface area (Å²) < 4.78 is 54.2. The van der Waals surface area contributed by atoms with Crippen LogP contribution in [0.2, 0.25) is 0 Å². The van der Waals surface area contributed by atoms with E-state index in [9.17, 15) is 0 Å². The lowest BCUT2D eigenvalue weighted by Gasteiger charge is -2.23. The van der Waals surface area contributed by atoms with Crippen LogP contribution in [-0.2, 0) is 51.4 Å². The van der Waals surface area contributed by atoms with Crippen LogP contribution in [0, 0.1) is 0 Å². The Morgan fingerprint density at radius 3 is 0.620 bits per heavy atom. The molecule has 0 radical (unpaired) electrons. The summed E-state index contributed by atoms with van der Waals surface area (Å²) in [5.41, 5.74) is 17.6. The van der Waals surface area contributed by atoms with Gasteiger partial charge in [0.1, 0.15) is 46.0 Å². The number of amides is 2. The molecular formula is C87H99N3O10.